The lowest BCUT2D eigenvalue weighted by Gasteiger charge is -2.42. The third-order valence-corrected chi connectivity index (χ3v) is 17.8. The van der Waals surface area contributed by atoms with Gasteiger partial charge in [-0.1, -0.05) is 79.2 Å². The number of aliphatic hydroxyl groups is 2. The van der Waals surface area contributed by atoms with Crippen LogP contribution in [0.2, 0.25) is 5.15 Å². The second-order valence-corrected chi connectivity index (χ2v) is 23.7. The average Bonchev–Trinajstić information content (AvgIpc) is 2.47. The Morgan fingerprint density at radius 1 is 1.00 bits per heavy atom. The number of H-pyrrole nitrogens is 1. The van der Waals surface area contributed by atoms with Gasteiger partial charge in [0.15, 0.2) is 10.9 Å². The summed E-state index contributed by atoms with van der Waals surface area (Å²) in [4.78, 5) is 23.8. The van der Waals surface area contributed by atoms with Gasteiger partial charge in [-0.05, 0) is 110 Å². The first-order valence-electron chi connectivity index (χ1n) is 28.8. The van der Waals surface area contributed by atoms with Crippen LogP contribution in [0.1, 0.15) is 112 Å². The molecule has 6 N–H and O–H groups in total. The molecule has 2 bridgehead atoms. The van der Waals surface area contributed by atoms with Crippen LogP contribution in [0.5, 0.6) is 5.75 Å². The van der Waals surface area contributed by atoms with Crippen molar-refractivity contribution in [2.75, 3.05) is 44.8 Å². The minimum absolute atomic E-state index is 0.0704. The van der Waals surface area contributed by atoms with E-state index in [-0.39, 0.29) is 54.1 Å². The van der Waals surface area contributed by atoms with Crippen molar-refractivity contribution in [1.29, 1.82) is 0 Å². The minimum Gasteiger partial charge on any atom is -0.486 e. The molecule has 19 nitrogen and oxygen atoms in total. The van der Waals surface area contributed by atoms with Crippen LogP contribution in [0.25, 0.3) is 44.4 Å². The molecule has 1 amide bonds. The fourth-order valence-corrected chi connectivity index (χ4v) is 13.3. The fourth-order valence-electron chi connectivity index (χ4n) is 13.1. The Labute approximate surface area is 480 Å². The van der Waals surface area contributed by atoms with Crippen molar-refractivity contribution < 1.29 is 33.6 Å². The topological polar surface area (TPSA) is 225 Å². The highest BCUT2D eigenvalue weighted by Gasteiger charge is 2.46. The van der Waals surface area contributed by atoms with Gasteiger partial charge in [0.05, 0.1) is 60.6 Å². The zero-order valence-electron chi connectivity index (χ0n) is 46.5. The number of likely N-dealkylation sites (tertiary alicyclic amines) is 2. The maximum absolute atomic E-state index is 16.2. The molecule has 1 aliphatic carbocycles. The number of amidine groups is 1. The number of aliphatic imine (C=N–C) groups is 1. The number of rotatable bonds is 17. The van der Waals surface area contributed by atoms with Crippen LogP contribution in [0, 0.1) is 18.7 Å². The maximum atomic E-state index is 16.2. The Balaban J connectivity index is 0.772. The molecule has 13 rings (SSSR count). The van der Waals surface area contributed by atoms with Crippen LogP contribution in [-0.4, -0.2) is 143 Å². The van der Waals surface area contributed by atoms with Gasteiger partial charge in [0.1, 0.15) is 30.2 Å². The molecule has 428 valence electrons. The second kappa shape index (κ2) is 22.3. The monoisotopic (exact) mass is 1130 g/mol. The summed E-state index contributed by atoms with van der Waals surface area (Å²) in [6.07, 6.45) is 9.86. The second-order valence-electron chi connectivity index (χ2n) is 23.4. The Morgan fingerprint density at radius 2 is 1.79 bits per heavy atom. The highest BCUT2D eigenvalue weighted by atomic mass is 35.5. The van der Waals surface area contributed by atoms with E-state index in [1.807, 2.05) is 87.3 Å². The number of hydrogen-bond donors (Lipinski definition) is 6. The molecule has 4 aromatic carbocycles. The van der Waals surface area contributed by atoms with E-state index in [9.17, 15) is 15.0 Å². The zero-order valence-corrected chi connectivity index (χ0v) is 47.2. The molecule has 21 heteroatoms. The van der Waals surface area contributed by atoms with Gasteiger partial charge in [0.25, 0.3) is 0 Å². The molecule has 3 aromatic heterocycles. The summed E-state index contributed by atoms with van der Waals surface area (Å²) in [5.41, 5.74) is 10.1. The number of aromatic nitrogens is 7. The van der Waals surface area contributed by atoms with Crippen molar-refractivity contribution >= 4 is 39.9 Å². The fraction of sp³-hybridized carbons (Fsp3) is 0.459. The normalized spacial score (nSPS) is 23.0. The SMILES string of the molecule is Cc1c(F)cc2[nH]ncc2c1-c1c(C2CC2)cc2c(c1OCc1ccc(-c3cn([C@@H](C(C)C)C(O)N4CCC[C@H]4C(=O)N[C@@H](CO)c4ccc(-c5ccnnc5Cl)cc4)nn3)cc1)NC(C)(OC1CCOCC1)N=C2N1C[C@@H]2C[C@H]1CN2. The lowest BCUT2D eigenvalue weighted by molar-refractivity contribution is -0.133. The molecule has 5 aliphatic heterocycles. The largest absolute Gasteiger partial charge is 0.486 e. The predicted octanol–water partition coefficient (Wildman–Crippen LogP) is 8.42. The van der Waals surface area contributed by atoms with Gasteiger partial charge >= 0.3 is 0 Å². The summed E-state index contributed by atoms with van der Waals surface area (Å²) >= 11 is 6.29. The van der Waals surface area contributed by atoms with Gasteiger partial charge < -0.3 is 45.3 Å². The highest BCUT2D eigenvalue weighted by molar-refractivity contribution is 6.32. The van der Waals surface area contributed by atoms with Gasteiger partial charge in [-0.3, -0.25) is 14.8 Å². The number of anilines is 1. The lowest BCUT2D eigenvalue weighted by Crippen LogP contribution is -2.52. The molecule has 6 aliphatic rings. The summed E-state index contributed by atoms with van der Waals surface area (Å²) in [5, 5.41) is 58.6. The van der Waals surface area contributed by atoms with Crippen LogP contribution >= 0.6 is 11.6 Å². The van der Waals surface area contributed by atoms with Gasteiger partial charge in [-0.2, -0.15) is 10.2 Å². The van der Waals surface area contributed by atoms with Crippen LogP contribution in [0.4, 0.5) is 10.1 Å². The number of hydrogen-bond acceptors (Lipinski definition) is 16. The van der Waals surface area contributed by atoms with Gasteiger partial charge in [0.2, 0.25) is 11.8 Å². The predicted molar refractivity (Wildman–Crippen MR) is 308 cm³/mol. The highest BCUT2D eigenvalue weighted by Crippen LogP contribution is 2.55. The number of benzene rings is 4. The average molecular weight is 1130 g/mol. The summed E-state index contributed by atoms with van der Waals surface area (Å²) in [5.74, 6) is -0.118. The molecule has 2 unspecified atom stereocenters. The number of nitrogens with one attached hydrogen (secondary N) is 4. The molecular weight excluding hydrogens is 1070 g/mol. The Morgan fingerprint density at radius 3 is 2.51 bits per heavy atom. The van der Waals surface area contributed by atoms with Crippen LogP contribution in [-0.2, 0) is 20.9 Å². The Hall–Kier alpha value is -6.91. The number of ether oxygens (including phenoxy) is 3. The summed E-state index contributed by atoms with van der Waals surface area (Å²) in [6.45, 7) is 11.2. The maximum Gasteiger partial charge on any atom is 0.238 e. The van der Waals surface area contributed by atoms with Crippen molar-refractivity contribution in [3.8, 4) is 39.3 Å². The van der Waals surface area contributed by atoms with Crippen LogP contribution in [0.3, 0.4) is 0 Å². The Kier molecular flexibility index (Phi) is 14.8. The van der Waals surface area contributed by atoms with E-state index in [4.69, 9.17) is 30.8 Å². The number of aliphatic hydroxyl groups excluding tert-OH is 2. The van der Waals surface area contributed by atoms with E-state index in [0.29, 0.717) is 61.2 Å². The standard InChI is InChI=1S/C61H69ClFN13O6/c1-33(2)55(60(79)74-21-5-6-51(74)59(78)67-50(31-77)39-15-13-36(14-16-39)43-17-20-65-72-57(43)62)76-30-49(71-73-76)38-9-7-35(8-10-38)32-81-56-53(52-34(3)47(63)26-48-46(52)28-66-70-48)44(37-11-12-37)25-45-54(56)68-61(4,82-42-18-22-80-23-19-42)69-58(45)75-29-40-24-41(75)27-64-40/h7-10,13-17,20,25-26,28,30,33,37,40-42,50-51,55,60,64,68,77,79H,5-6,11-12,18-19,21-24,27,29,31-32H2,1-4H3,(H,66,70)(H,67,78)/t40-,41-,50-,51-,55-,60?,61?/m0/s1. The quantitative estimate of drug-likeness (QED) is 0.0503. The van der Waals surface area contributed by atoms with Crippen molar-refractivity contribution in [3.63, 3.8) is 0 Å². The molecular formula is C61H69ClFN13O6. The third-order valence-electron chi connectivity index (χ3n) is 17.5. The number of aromatic amines is 1. The van der Waals surface area contributed by atoms with Crippen molar-refractivity contribution in [2.24, 2.45) is 10.9 Å². The first-order chi connectivity index (χ1) is 39.8. The number of halogens is 2. The summed E-state index contributed by atoms with van der Waals surface area (Å²) in [7, 11) is 0. The van der Waals surface area contributed by atoms with Gasteiger partial charge in [0, 0.05) is 85.1 Å². The van der Waals surface area contributed by atoms with E-state index in [0.717, 1.165) is 112 Å². The lowest BCUT2D eigenvalue weighted by atomic mass is 9.87. The molecule has 0 spiro atoms. The van der Waals surface area contributed by atoms with E-state index in [1.165, 1.54) is 6.07 Å². The summed E-state index contributed by atoms with van der Waals surface area (Å²) in [6, 6.07) is 19.8. The van der Waals surface area contributed by atoms with E-state index in [1.54, 1.807) is 23.1 Å². The van der Waals surface area contributed by atoms with Crippen molar-refractivity contribution in [1.82, 2.24) is 55.8 Å². The number of fused-ring (bicyclic) bond motifs is 4. The first kappa shape index (κ1) is 54.3. The smallest absolute Gasteiger partial charge is 0.238 e. The van der Waals surface area contributed by atoms with Crippen LogP contribution in [0.15, 0.2) is 90.3 Å². The number of amides is 1. The molecule has 82 heavy (non-hydrogen) atoms. The number of nitrogens with zero attached hydrogens (tertiary/aromatic N) is 9. The van der Waals surface area contributed by atoms with E-state index >= 15 is 4.39 Å². The Bertz CT molecular complexity index is 3530. The van der Waals surface area contributed by atoms with Crippen molar-refractivity contribution in [3.05, 3.63) is 124 Å². The van der Waals surface area contributed by atoms with E-state index in [2.05, 4.69) is 57.6 Å². The molecule has 5 fully saturated rings. The summed E-state index contributed by atoms with van der Waals surface area (Å²) < 4.78 is 37.9. The molecule has 7 aromatic rings. The molecule has 4 saturated heterocycles. The molecule has 0 radical (unpaired) electrons. The van der Waals surface area contributed by atoms with Crippen LogP contribution < -0.4 is 20.7 Å². The van der Waals surface area contributed by atoms with E-state index < -0.39 is 30.2 Å². The third kappa shape index (κ3) is 10.4. The number of carbonyl (C=O) groups excluding carboxylic acids is 1. The minimum atomic E-state index is -1.15. The van der Waals surface area contributed by atoms with Crippen molar-refractivity contribution in [2.45, 2.75) is 134 Å². The first-order valence-corrected chi connectivity index (χ1v) is 29.2. The molecule has 1 saturated carbocycles. The zero-order chi connectivity index (χ0) is 56.4. The van der Waals surface area contributed by atoms with Gasteiger partial charge in [-0.25, -0.2) is 14.1 Å². The number of carbonyl (C=O) groups is 1. The molecule has 8 heterocycles. The number of piperazine rings is 1. The van der Waals surface area contributed by atoms with Gasteiger partial charge in [-0.15, -0.1) is 10.2 Å². The molecule has 7 atom stereocenters.